The number of hydrogen-bond acceptors (Lipinski definition) is 3. The summed E-state index contributed by atoms with van der Waals surface area (Å²) < 4.78 is 0.689. The molecule has 0 saturated carbocycles. The molecule has 3 rings (SSSR count). The fourth-order valence-electron chi connectivity index (χ4n) is 1.70. The van der Waals surface area contributed by atoms with Gasteiger partial charge in [0.1, 0.15) is 5.82 Å². The van der Waals surface area contributed by atoms with E-state index in [0.717, 1.165) is 16.6 Å². The number of aromatic nitrogens is 3. The zero-order valence-electron chi connectivity index (χ0n) is 11.4. The summed E-state index contributed by atoms with van der Waals surface area (Å²) in [4.78, 5) is 10.0. The number of hydrogen-bond donors (Lipinski definition) is 3. The molecule has 1 aromatic carbocycles. The van der Waals surface area contributed by atoms with Crippen molar-refractivity contribution in [1.29, 1.82) is 0 Å². The molecule has 0 aliphatic rings. The Kier molecular flexibility index (Phi) is 5.42. The van der Waals surface area contributed by atoms with Crippen LogP contribution in [0.1, 0.15) is 11.1 Å². The Morgan fingerprint density at radius 1 is 1.05 bits per heavy atom. The first-order valence-corrected chi connectivity index (χ1v) is 6.33. The van der Waals surface area contributed by atoms with Crippen molar-refractivity contribution in [2.45, 2.75) is 13.8 Å². The van der Waals surface area contributed by atoms with Crippen LogP contribution < -0.4 is 5.73 Å². The van der Waals surface area contributed by atoms with Gasteiger partial charge in [0.25, 0.3) is 0 Å². The summed E-state index contributed by atoms with van der Waals surface area (Å²) in [5.74, 6) is 0.618. The standard InChI is InChI=1S/C8H8N2S.C6H8N2.H2O/c1-5-3-2-4-6-7(5)10-8(11)9-6;1-5-3-2-4-8-6(5)7;/h2-4H,1H3,(H2,9,10,11);2-4H,1H3,(H2,7,8);1H2. The normalized spacial score (nSPS) is 9.50. The lowest BCUT2D eigenvalue weighted by Gasteiger charge is -1.92. The molecule has 0 saturated heterocycles. The maximum Gasteiger partial charge on any atom is 0.175 e. The summed E-state index contributed by atoms with van der Waals surface area (Å²) in [6, 6.07) is 9.88. The van der Waals surface area contributed by atoms with E-state index in [-0.39, 0.29) is 5.48 Å². The topological polar surface area (TPSA) is 102 Å². The molecule has 6 heteroatoms. The summed E-state index contributed by atoms with van der Waals surface area (Å²) in [6.45, 7) is 3.99. The maximum absolute atomic E-state index is 5.41. The lowest BCUT2D eigenvalue weighted by molar-refractivity contribution is 0.824. The highest BCUT2D eigenvalue weighted by Crippen LogP contribution is 2.13. The van der Waals surface area contributed by atoms with E-state index in [1.54, 1.807) is 6.20 Å². The molecule has 2 heterocycles. The SMILES string of the molecule is Cc1cccc2[nH]c(=S)[nH]c12.Cc1cccnc1N.O. The molecule has 0 bridgehead atoms. The highest BCUT2D eigenvalue weighted by molar-refractivity contribution is 7.71. The van der Waals surface area contributed by atoms with Crippen molar-refractivity contribution in [2.24, 2.45) is 0 Å². The second kappa shape index (κ2) is 6.83. The quantitative estimate of drug-likeness (QED) is 0.555. The summed E-state index contributed by atoms with van der Waals surface area (Å²) in [6.07, 6.45) is 1.68. The van der Waals surface area contributed by atoms with Gasteiger partial charge in [-0.1, -0.05) is 18.2 Å². The van der Waals surface area contributed by atoms with Gasteiger partial charge >= 0.3 is 0 Å². The number of nitrogen functional groups attached to an aromatic ring is 1. The molecule has 5 nitrogen and oxygen atoms in total. The van der Waals surface area contributed by atoms with Crippen molar-refractivity contribution in [2.75, 3.05) is 5.73 Å². The molecule has 0 fully saturated rings. The van der Waals surface area contributed by atoms with Crippen molar-refractivity contribution in [3.63, 3.8) is 0 Å². The van der Waals surface area contributed by atoms with E-state index in [1.807, 2.05) is 31.2 Å². The van der Waals surface area contributed by atoms with Crippen LogP contribution in [0.5, 0.6) is 0 Å². The van der Waals surface area contributed by atoms with E-state index in [1.165, 1.54) is 5.56 Å². The first-order valence-electron chi connectivity index (χ1n) is 5.92. The van der Waals surface area contributed by atoms with Gasteiger partial charge in [-0.15, -0.1) is 0 Å². The Morgan fingerprint density at radius 3 is 2.30 bits per heavy atom. The monoisotopic (exact) mass is 290 g/mol. The first kappa shape index (κ1) is 15.9. The van der Waals surface area contributed by atoms with E-state index in [2.05, 4.69) is 27.9 Å². The number of anilines is 1. The predicted molar refractivity (Wildman–Crippen MR) is 85.2 cm³/mol. The van der Waals surface area contributed by atoms with Crippen molar-refractivity contribution in [3.8, 4) is 0 Å². The van der Waals surface area contributed by atoms with Crippen LogP contribution in [0.3, 0.4) is 0 Å². The lowest BCUT2D eigenvalue weighted by Crippen LogP contribution is -1.90. The van der Waals surface area contributed by atoms with E-state index in [0.29, 0.717) is 10.6 Å². The molecule has 0 unspecified atom stereocenters. The highest BCUT2D eigenvalue weighted by Gasteiger charge is 1.96. The van der Waals surface area contributed by atoms with Crippen LogP contribution in [-0.2, 0) is 0 Å². The summed E-state index contributed by atoms with van der Waals surface area (Å²) >= 11 is 4.96. The highest BCUT2D eigenvalue weighted by atomic mass is 32.1. The number of imidazole rings is 1. The lowest BCUT2D eigenvalue weighted by atomic mass is 10.2. The molecule has 2 aromatic heterocycles. The van der Waals surface area contributed by atoms with E-state index in [4.69, 9.17) is 18.0 Å². The number of fused-ring (bicyclic) bond motifs is 1. The van der Waals surface area contributed by atoms with Gasteiger partial charge in [-0.3, -0.25) is 0 Å². The van der Waals surface area contributed by atoms with Crippen LogP contribution in [0.2, 0.25) is 0 Å². The van der Waals surface area contributed by atoms with Crippen LogP contribution in [0.4, 0.5) is 5.82 Å². The molecule has 0 spiro atoms. The molecular weight excluding hydrogens is 272 g/mol. The van der Waals surface area contributed by atoms with Gasteiger partial charge in [0.2, 0.25) is 0 Å². The number of para-hydroxylation sites is 1. The van der Waals surface area contributed by atoms with Gasteiger partial charge in [0.05, 0.1) is 11.0 Å². The number of nitrogens with one attached hydrogen (secondary N) is 2. The van der Waals surface area contributed by atoms with Gasteiger partial charge < -0.3 is 21.2 Å². The molecule has 106 valence electrons. The van der Waals surface area contributed by atoms with Gasteiger partial charge in [0.15, 0.2) is 4.77 Å². The van der Waals surface area contributed by atoms with Gasteiger partial charge in [-0.2, -0.15) is 0 Å². The van der Waals surface area contributed by atoms with Gasteiger partial charge in [-0.25, -0.2) is 4.98 Å². The summed E-state index contributed by atoms with van der Waals surface area (Å²) in [5, 5.41) is 0. The third-order valence-electron chi connectivity index (χ3n) is 2.81. The van der Waals surface area contributed by atoms with E-state index in [9.17, 15) is 0 Å². The van der Waals surface area contributed by atoms with Crippen molar-refractivity contribution in [1.82, 2.24) is 15.0 Å². The smallest absolute Gasteiger partial charge is 0.175 e. The molecule has 6 N–H and O–H groups in total. The zero-order chi connectivity index (χ0) is 13.8. The minimum absolute atomic E-state index is 0. The molecule has 0 aliphatic carbocycles. The predicted octanol–water partition coefficient (Wildman–Crippen LogP) is 2.68. The molecule has 0 aliphatic heterocycles. The largest absolute Gasteiger partial charge is 0.412 e. The van der Waals surface area contributed by atoms with Crippen molar-refractivity contribution >= 4 is 29.1 Å². The number of aryl methyl sites for hydroxylation is 2. The Hall–Kier alpha value is -2.18. The fourth-order valence-corrected chi connectivity index (χ4v) is 1.91. The van der Waals surface area contributed by atoms with Crippen molar-refractivity contribution in [3.05, 3.63) is 52.4 Å². The number of benzene rings is 1. The van der Waals surface area contributed by atoms with Crippen LogP contribution in [0.25, 0.3) is 11.0 Å². The number of nitrogens with two attached hydrogens (primary N) is 1. The number of aromatic amines is 2. The minimum Gasteiger partial charge on any atom is -0.412 e. The number of nitrogens with zero attached hydrogens (tertiary/aromatic N) is 1. The Morgan fingerprint density at radius 2 is 1.75 bits per heavy atom. The molecule has 3 aromatic rings. The minimum atomic E-state index is 0. The molecule has 0 atom stereocenters. The second-order valence-corrected chi connectivity index (χ2v) is 4.69. The van der Waals surface area contributed by atoms with E-state index >= 15 is 0 Å². The van der Waals surface area contributed by atoms with E-state index < -0.39 is 0 Å². The zero-order valence-corrected chi connectivity index (χ0v) is 12.2. The molecule has 20 heavy (non-hydrogen) atoms. The molecule has 0 radical (unpaired) electrons. The third kappa shape index (κ3) is 3.66. The number of pyridine rings is 1. The average Bonchev–Trinajstić information content (AvgIpc) is 2.76. The number of rotatable bonds is 0. The Bertz CT molecular complexity index is 727. The average molecular weight is 290 g/mol. The van der Waals surface area contributed by atoms with Gasteiger partial charge in [-0.05, 0) is 49.3 Å². The number of H-pyrrole nitrogens is 2. The van der Waals surface area contributed by atoms with Crippen LogP contribution >= 0.6 is 12.2 Å². The second-order valence-electron chi connectivity index (χ2n) is 4.28. The molecule has 0 amide bonds. The van der Waals surface area contributed by atoms with Crippen LogP contribution in [0.15, 0.2) is 36.5 Å². The van der Waals surface area contributed by atoms with Crippen LogP contribution in [0, 0.1) is 18.6 Å². The fraction of sp³-hybridized carbons (Fsp3) is 0.143. The first-order chi connectivity index (χ1) is 9.08. The summed E-state index contributed by atoms with van der Waals surface area (Å²) in [5.41, 5.74) is 9.85. The van der Waals surface area contributed by atoms with Crippen LogP contribution in [-0.4, -0.2) is 20.4 Å². The Labute approximate surface area is 122 Å². The third-order valence-corrected chi connectivity index (χ3v) is 3.01. The van der Waals surface area contributed by atoms with Crippen molar-refractivity contribution < 1.29 is 5.48 Å². The van der Waals surface area contributed by atoms with Gasteiger partial charge in [0, 0.05) is 6.20 Å². The molecular formula is C14H18N4OS. The summed E-state index contributed by atoms with van der Waals surface area (Å²) in [7, 11) is 0. The Balaban J connectivity index is 0.000000200. The maximum atomic E-state index is 5.41.